The average Bonchev–Trinajstić information content (AvgIpc) is 3.24. The Morgan fingerprint density at radius 1 is 1.23 bits per heavy atom. The number of rotatable bonds is 8. The van der Waals surface area contributed by atoms with E-state index < -0.39 is 0 Å². The van der Waals surface area contributed by atoms with E-state index in [1.807, 2.05) is 44.2 Å². The van der Waals surface area contributed by atoms with Gasteiger partial charge in [-0.05, 0) is 30.5 Å². The Labute approximate surface area is 184 Å². The summed E-state index contributed by atoms with van der Waals surface area (Å²) in [6.07, 6.45) is 2.14. The highest BCUT2D eigenvalue weighted by molar-refractivity contribution is 5.90. The molecule has 0 bridgehead atoms. The molecule has 0 radical (unpaired) electrons. The number of piperazine rings is 1. The lowest BCUT2D eigenvalue weighted by Gasteiger charge is -2.36. The monoisotopic (exact) mass is 426 g/mol. The highest BCUT2D eigenvalue weighted by atomic mass is 16.5. The molecule has 31 heavy (non-hydrogen) atoms. The van der Waals surface area contributed by atoms with Crippen LogP contribution < -0.4 is 10.6 Å². The van der Waals surface area contributed by atoms with E-state index in [1.54, 1.807) is 6.26 Å². The van der Waals surface area contributed by atoms with Crippen molar-refractivity contribution < 1.29 is 9.32 Å². The van der Waals surface area contributed by atoms with Gasteiger partial charge in [-0.15, -0.1) is 0 Å². The Hall–Kier alpha value is -2.87. The molecule has 2 aromatic rings. The average molecular weight is 427 g/mol. The summed E-state index contributed by atoms with van der Waals surface area (Å²) in [6, 6.07) is 9.84. The topological polar surface area (TPSA) is 86.0 Å². The summed E-state index contributed by atoms with van der Waals surface area (Å²) in [5, 5.41) is 10.4. The van der Waals surface area contributed by atoms with Gasteiger partial charge < -0.3 is 20.1 Å². The Morgan fingerprint density at radius 3 is 2.71 bits per heavy atom. The standard InChI is InChI=1S/C23H34N6O2/c1-4-24-23(29-11-9-28(10-12-29)17-21-8-13-31-27-21)25-16-19-6-5-7-20(15-19)26-22(30)14-18(2)3/h5-8,13,15,18H,4,9-12,14,16-17H2,1-3H3,(H,24,25)(H,26,30). The molecule has 1 aromatic heterocycles. The SMILES string of the molecule is CCNC(=NCc1cccc(NC(=O)CC(C)C)c1)N1CCN(Cc2ccon2)CC1. The van der Waals surface area contributed by atoms with Gasteiger partial charge in [0.25, 0.3) is 0 Å². The van der Waals surface area contributed by atoms with Crippen LogP contribution in [0, 0.1) is 5.92 Å². The molecule has 1 aliphatic heterocycles. The predicted molar refractivity (Wildman–Crippen MR) is 123 cm³/mol. The van der Waals surface area contributed by atoms with E-state index in [9.17, 15) is 4.79 Å². The van der Waals surface area contributed by atoms with Gasteiger partial charge in [0.15, 0.2) is 5.96 Å². The van der Waals surface area contributed by atoms with Gasteiger partial charge in [-0.2, -0.15) is 0 Å². The third-order valence-corrected chi connectivity index (χ3v) is 5.10. The molecule has 0 atom stereocenters. The molecule has 8 nitrogen and oxygen atoms in total. The molecule has 1 aromatic carbocycles. The van der Waals surface area contributed by atoms with Crippen molar-refractivity contribution in [3.63, 3.8) is 0 Å². The van der Waals surface area contributed by atoms with E-state index in [-0.39, 0.29) is 5.91 Å². The fourth-order valence-corrected chi connectivity index (χ4v) is 3.59. The van der Waals surface area contributed by atoms with Crippen LogP contribution in [0.3, 0.4) is 0 Å². The van der Waals surface area contributed by atoms with E-state index in [4.69, 9.17) is 9.52 Å². The Kier molecular flexibility index (Phi) is 8.46. The first kappa shape index (κ1) is 22.8. The molecule has 0 aliphatic carbocycles. The molecule has 1 aliphatic rings. The highest BCUT2D eigenvalue weighted by Gasteiger charge is 2.20. The number of aliphatic imine (C=N–C) groups is 1. The van der Waals surface area contributed by atoms with Crippen LogP contribution in [0.4, 0.5) is 5.69 Å². The van der Waals surface area contributed by atoms with Gasteiger partial charge in [0.2, 0.25) is 5.91 Å². The number of anilines is 1. The second kappa shape index (κ2) is 11.5. The molecule has 1 saturated heterocycles. The molecule has 168 valence electrons. The quantitative estimate of drug-likeness (QED) is 0.499. The summed E-state index contributed by atoms with van der Waals surface area (Å²) in [4.78, 5) is 21.6. The molecule has 1 amide bonds. The van der Waals surface area contributed by atoms with Gasteiger partial charge in [-0.3, -0.25) is 9.69 Å². The number of carbonyl (C=O) groups excluding carboxylic acids is 1. The van der Waals surface area contributed by atoms with Crippen molar-refractivity contribution in [1.29, 1.82) is 0 Å². The second-order valence-corrected chi connectivity index (χ2v) is 8.27. The number of guanidine groups is 1. The molecule has 1 fully saturated rings. The summed E-state index contributed by atoms with van der Waals surface area (Å²) in [5.74, 6) is 1.32. The van der Waals surface area contributed by atoms with Gasteiger partial charge in [0.05, 0.1) is 12.2 Å². The molecular formula is C23H34N6O2. The van der Waals surface area contributed by atoms with Gasteiger partial charge in [0, 0.05) is 57.4 Å². The van der Waals surface area contributed by atoms with Crippen molar-refractivity contribution in [2.24, 2.45) is 10.9 Å². The second-order valence-electron chi connectivity index (χ2n) is 8.27. The van der Waals surface area contributed by atoms with E-state index in [0.29, 0.717) is 18.9 Å². The molecule has 8 heteroatoms. The van der Waals surface area contributed by atoms with E-state index in [2.05, 4.69) is 32.5 Å². The number of hydrogen-bond donors (Lipinski definition) is 2. The molecular weight excluding hydrogens is 392 g/mol. The van der Waals surface area contributed by atoms with Crippen LogP contribution >= 0.6 is 0 Å². The lowest BCUT2D eigenvalue weighted by Crippen LogP contribution is -2.52. The minimum atomic E-state index is 0.0486. The molecule has 2 N–H and O–H groups in total. The number of benzene rings is 1. The lowest BCUT2D eigenvalue weighted by molar-refractivity contribution is -0.116. The first-order valence-electron chi connectivity index (χ1n) is 11.1. The number of carbonyl (C=O) groups is 1. The largest absolute Gasteiger partial charge is 0.364 e. The summed E-state index contributed by atoms with van der Waals surface area (Å²) < 4.78 is 4.93. The smallest absolute Gasteiger partial charge is 0.224 e. The maximum atomic E-state index is 12.1. The van der Waals surface area contributed by atoms with Crippen molar-refractivity contribution in [1.82, 2.24) is 20.3 Å². The predicted octanol–water partition coefficient (Wildman–Crippen LogP) is 2.94. The maximum Gasteiger partial charge on any atom is 0.224 e. The van der Waals surface area contributed by atoms with Crippen molar-refractivity contribution >= 4 is 17.6 Å². The minimum absolute atomic E-state index is 0.0486. The van der Waals surface area contributed by atoms with Crippen molar-refractivity contribution in [3.8, 4) is 0 Å². The van der Waals surface area contributed by atoms with Crippen molar-refractivity contribution in [2.75, 3.05) is 38.0 Å². The summed E-state index contributed by atoms with van der Waals surface area (Å²) in [6.45, 7) is 12.1. The van der Waals surface area contributed by atoms with E-state index in [1.165, 1.54) is 0 Å². The zero-order valence-corrected chi connectivity index (χ0v) is 18.8. The zero-order valence-electron chi connectivity index (χ0n) is 18.8. The van der Waals surface area contributed by atoms with Crippen molar-refractivity contribution in [2.45, 2.75) is 40.3 Å². The van der Waals surface area contributed by atoms with Gasteiger partial charge in [0.1, 0.15) is 6.26 Å². The summed E-state index contributed by atoms with van der Waals surface area (Å²) in [7, 11) is 0. The number of hydrogen-bond acceptors (Lipinski definition) is 5. The van der Waals surface area contributed by atoms with E-state index in [0.717, 1.165) is 62.2 Å². The van der Waals surface area contributed by atoms with Crippen LogP contribution in [0.25, 0.3) is 0 Å². The highest BCUT2D eigenvalue weighted by Crippen LogP contribution is 2.14. The first-order chi connectivity index (χ1) is 15.0. The number of nitrogens with zero attached hydrogens (tertiary/aromatic N) is 4. The Morgan fingerprint density at radius 2 is 2.03 bits per heavy atom. The fourth-order valence-electron chi connectivity index (χ4n) is 3.59. The van der Waals surface area contributed by atoms with Crippen LogP contribution in [0.1, 0.15) is 38.4 Å². The van der Waals surface area contributed by atoms with Crippen LogP contribution in [0.15, 0.2) is 46.1 Å². The van der Waals surface area contributed by atoms with Crippen molar-refractivity contribution in [3.05, 3.63) is 47.9 Å². The fraction of sp³-hybridized carbons (Fsp3) is 0.522. The van der Waals surface area contributed by atoms with Crippen LogP contribution in [-0.2, 0) is 17.9 Å². The Balaban J connectivity index is 1.56. The van der Waals surface area contributed by atoms with Gasteiger partial charge >= 0.3 is 0 Å². The molecule has 0 unspecified atom stereocenters. The Bertz CT molecular complexity index is 842. The minimum Gasteiger partial charge on any atom is -0.364 e. The van der Waals surface area contributed by atoms with Gasteiger partial charge in [-0.25, -0.2) is 4.99 Å². The van der Waals surface area contributed by atoms with Crippen LogP contribution in [0.5, 0.6) is 0 Å². The number of nitrogens with one attached hydrogen (secondary N) is 2. The zero-order chi connectivity index (χ0) is 22.1. The van der Waals surface area contributed by atoms with Crippen LogP contribution in [0.2, 0.25) is 0 Å². The third-order valence-electron chi connectivity index (χ3n) is 5.10. The maximum absolute atomic E-state index is 12.1. The summed E-state index contributed by atoms with van der Waals surface area (Å²) in [5.41, 5.74) is 2.86. The molecule has 3 rings (SSSR count). The van der Waals surface area contributed by atoms with Crippen LogP contribution in [-0.4, -0.2) is 59.5 Å². The normalized spacial score (nSPS) is 15.4. The number of aromatic nitrogens is 1. The first-order valence-corrected chi connectivity index (χ1v) is 11.1. The third kappa shape index (κ3) is 7.40. The lowest BCUT2D eigenvalue weighted by atomic mass is 10.1. The number of amides is 1. The summed E-state index contributed by atoms with van der Waals surface area (Å²) >= 11 is 0. The van der Waals surface area contributed by atoms with E-state index >= 15 is 0 Å². The molecule has 0 saturated carbocycles. The molecule has 2 heterocycles. The molecule has 0 spiro atoms. The van der Waals surface area contributed by atoms with Gasteiger partial charge in [-0.1, -0.05) is 31.1 Å².